The lowest BCUT2D eigenvalue weighted by Crippen LogP contribution is -2.46. The smallest absolute Gasteiger partial charge is 0.308 e. The third-order valence-corrected chi connectivity index (χ3v) is 4.47. The molecule has 6 heteroatoms. The van der Waals surface area contributed by atoms with Gasteiger partial charge in [0.2, 0.25) is 0 Å². The van der Waals surface area contributed by atoms with Gasteiger partial charge in [-0.2, -0.15) is 0 Å². The van der Waals surface area contributed by atoms with Crippen LogP contribution in [0.4, 0.5) is 0 Å². The average molecular weight is 298 g/mol. The normalized spacial score (nSPS) is 20.1. The lowest BCUT2D eigenvalue weighted by Gasteiger charge is -2.32. The highest BCUT2D eigenvalue weighted by molar-refractivity contribution is 7.12. The molecular weight excluding hydrogens is 276 g/mol. The number of carboxylic acids is 1. The fourth-order valence-electron chi connectivity index (χ4n) is 2.31. The zero-order valence-corrected chi connectivity index (χ0v) is 12.6. The van der Waals surface area contributed by atoms with Crippen LogP contribution >= 0.6 is 11.3 Å². The van der Waals surface area contributed by atoms with E-state index in [1.54, 1.807) is 11.3 Å². The Balaban J connectivity index is 1.70. The van der Waals surface area contributed by atoms with Crippen molar-refractivity contribution in [2.24, 2.45) is 0 Å². The molecule has 1 saturated heterocycles. The number of ether oxygens (including phenoxy) is 1. The maximum atomic E-state index is 10.6. The van der Waals surface area contributed by atoms with E-state index in [-0.39, 0.29) is 12.5 Å². The summed E-state index contributed by atoms with van der Waals surface area (Å²) in [6, 6.07) is 3.89. The van der Waals surface area contributed by atoms with Crippen LogP contribution in [0.5, 0.6) is 0 Å². The second kappa shape index (κ2) is 7.73. The molecule has 5 nitrogen and oxygen atoms in total. The minimum atomic E-state index is -0.776. The Labute approximate surface area is 123 Å². The first-order valence-electron chi connectivity index (χ1n) is 7.01. The molecule has 20 heavy (non-hydrogen) atoms. The lowest BCUT2D eigenvalue weighted by molar-refractivity contribution is -0.136. The third-order valence-electron chi connectivity index (χ3n) is 3.38. The van der Waals surface area contributed by atoms with E-state index in [1.807, 2.05) is 12.1 Å². The fraction of sp³-hybridized carbons (Fsp3) is 0.643. The summed E-state index contributed by atoms with van der Waals surface area (Å²) < 4.78 is 5.73. The maximum Gasteiger partial charge on any atom is 0.308 e. The van der Waals surface area contributed by atoms with Crippen LogP contribution in [-0.4, -0.2) is 54.9 Å². The molecule has 1 aliphatic rings. The van der Waals surface area contributed by atoms with E-state index in [0.717, 1.165) is 44.2 Å². The van der Waals surface area contributed by atoms with E-state index in [0.29, 0.717) is 0 Å². The highest BCUT2D eigenvalue weighted by atomic mass is 32.1. The van der Waals surface area contributed by atoms with Gasteiger partial charge in [-0.1, -0.05) is 6.92 Å². The van der Waals surface area contributed by atoms with Crippen molar-refractivity contribution in [3.63, 3.8) is 0 Å². The average Bonchev–Trinajstić information content (AvgIpc) is 2.86. The summed E-state index contributed by atoms with van der Waals surface area (Å²) in [6.45, 7) is 7.67. The maximum absolute atomic E-state index is 10.6. The van der Waals surface area contributed by atoms with Gasteiger partial charge in [0.05, 0.1) is 19.1 Å². The highest BCUT2D eigenvalue weighted by Crippen LogP contribution is 2.17. The van der Waals surface area contributed by atoms with E-state index in [1.165, 1.54) is 4.88 Å². The van der Waals surface area contributed by atoms with Crippen molar-refractivity contribution in [3.8, 4) is 0 Å². The molecule has 2 heterocycles. The van der Waals surface area contributed by atoms with Gasteiger partial charge in [0, 0.05) is 35.9 Å². The Hall–Kier alpha value is -0.950. The number of likely N-dealkylation sites (N-methyl/N-ethyl adjacent to an activating group) is 1. The molecule has 1 aromatic heterocycles. The molecule has 1 aliphatic heterocycles. The summed E-state index contributed by atoms with van der Waals surface area (Å²) in [7, 11) is 0. The fourth-order valence-corrected chi connectivity index (χ4v) is 3.29. The summed E-state index contributed by atoms with van der Waals surface area (Å²) in [4.78, 5) is 15.1. The lowest BCUT2D eigenvalue weighted by atomic mass is 10.2. The van der Waals surface area contributed by atoms with Crippen molar-refractivity contribution in [2.75, 3.05) is 32.8 Å². The first-order valence-corrected chi connectivity index (χ1v) is 7.83. The molecule has 0 amide bonds. The largest absolute Gasteiger partial charge is 0.481 e. The zero-order chi connectivity index (χ0) is 14.4. The van der Waals surface area contributed by atoms with Gasteiger partial charge in [-0.05, 0) is 18.7 Å². The third kappa shape index (κ3) is 4.86. The molecule has 1 aromatic rings. The molecule has 2 rings (SSSR count). The Bertz CT molecular complexity index is 436. The monoisotopic (exact) mass is 298 g/mol. The van der Waals surface area contributed by atoms with E-state index >= 15 is 0 Å². The molecule has 0 spiro atoms. The Morgan fingerprint density at radius 3 is 3.10 bits per heavy atom. The SMILES string of the molecule is CCN1CCOC(CNCc2ccc(CC(=O)O)s2)C1. The van der Waals surface area contributed by atoms with Gasteiger partial charge < -0.3 is 15.2 Å². The number of rotatable bonds is 7. The summed E-state index contributed by atoms with van der Waals surface area (Å²) in [5, 5.41) is 12.1. The van der Waals surface area contributed by atoms with Crippen LogP contribution < -0.4 is 5.32 Å². The summed E-state index contributed by atoms with van der Waals surface area (Å²) in [5.41, 5.74) is 0. The van der Waals surface area contributed by atoms with Crippen molar-refractivity contribution in [2.45, 2.75) is 26.0 Å². The Kier molecular flexibility index (Phi) is 5.97. The van der Waals surface area contributed by atoms with Gasteiger partial charge in [-0.3, -0.25) is 9.69 Å². The molecule has 1 unspecified atom stereocenters. The van der Waals surface area contributed by atoms with Gasteiger partial charge in [-0.15, -0.1) is 11.3 Å². The van der Waals surface area contributed by atoms with E-state index < -0.39 is 5.97 Å². The number of carbonyl (C=O) groups is 1. The van der Waals surface area contributed by atoms with Crippen molar-refractivity contribution in [1.82, 2.24) is 10.2 Å². The predicted octanol–water partition coefficient (Wildman–Crippen LogP) is 1.19. The first kappa shape index (κ1) is 15.4. The summed E-state index contributed by atoms with van der Waals surface area (Å²) in [5.74, 6) is -0.776. The number of thiophene rings is 1. The zero-order valence-electron chi connectivity index (χ0n) is 11.8. The number of hydrogen-bond acceptors (Lipinski definition) is 5. The van der Waals surface area contributed by atoms with Crippen LogP contribution in [0.25, 0.3) is 0 Å². The molecule has 112 valence electrons. The molecule has 0 bridgehead atoms. The standard InChI is InChI=1S/C14H22N2O3S/c1-2-16-5-6-19-11(10-16)8-15-9-13-4-3-12(20-13)7-14(17)18/h3-4,11,15H,2,5-10H2,1H3,(H,17,18). The van der Waals surface area contributed by atoms with Crippen molar-refractivity contribution < 1.29 is 14.6 Å². The topological polar surface area (TPSA) is 61.8 Å². The minimum Gasteiger partial charge on any atom is -0.481 e. The molecular formula is C14H22N2O3S. The second-order valence-electron chi connectivity index (χ2n) is 4.96. The molecule has 1 atom stereocenters. The molecule has 2 N–H and O–H groups in total. The minimum absolute atomic E-state index is 0.113. The van der Waals surface area contributed by atoms with Gasteiger partial charge >= 0.3 is 5.97 Å². The van der Waals surface area contributed by atoms with Gasteiger partial charge in [0.15, 0.2) is 0 Å². The van der Waals surface area contributed by atoms with Crippen molar-refractivity contribution in [3.05, 3.63) is 21.9 Å². The van der Waals surface area contributed by atoms with Crippen LogP contribution in [0.1, 0.15) is 16.7 Å². The Morgan fingerprint density at radius 1 is 1.55 bits per heavy atom. The number of aliphatic carboxylic acids is 1. The van der Waals surface area contributed by atoms with Crippen LogP contribution in [0.15, 0.2) is 12.1 Å². The highest BCUT2D eigenvalue weighted by Gasteiger charge is 2.18. The van der Waals surface area contributed by atoms with E-state index in [4.69, 9.17) is 9.84 Å². The number of nitrogens with one attached hydrogen (secondary N) is 1. The molecule has 1 fully saturated rings. The van der Waals surface area contributed by atoms with Gasteiger partial charge in [0.25, 0.3) is 0 Å². The van der Waals surface area contributed by atoms with Gasteiger partial charge in [0.1, 0.15) is 0 Å². The molecule has 0 aliphatic carbocycles. The quantitative estimate of drug-likeness (QED) is 0.792. The number of hydrogen-bond donors (Lipinski definition) is 2. The van der Waals surface area contributed by atoms with Crippen LogP contribution in [0.3, 0.4) is 0 Å². The van der Waals surface area contributed by atoms with Crippen molar-refractivity contribution >= 4 is 17.3 Å². The Morgan fingerprint density at radius 2 is 2.35 bits per heavy atom. The van der Waals surface area contributed by atoms with E-state index in [2.05, 4.69) is 17.1 Å². The van der Waals surface area contributed by atoms with Crippen LogP contribution in [0.2, 0.25) is 0 Å². The first-order chi connectivity index (χ1) is 9.67. The number of morpholine rings is 1. The molecule has 0 radical (unpaired) electrons. The summed E-state index contributed by atoms with van der Waals surface area (Å²) >= 11 is 1.56. The van der Waals surface area contributed by atoms with Crippen LogP contribution in [-0.2, 0) is 22.5 Å². The summed E-state index contributed by atoms with van der Waals surface area (Å²) in [6.07, 6.45) is 0.365. The predicted molar refractivity (Wildman–Crippen MR) is 79.2 cm³/mol. The second-order valence-corrected chi connectivity index (χ2v) is 6.21. The number of carboxylic acid groups (broad SMARTS) is 1. The molecule has 0 saturated carbocycles. The van der Waals surface area contributed by atoms with Gasteiger partial charge in [-0.25, -0.2) is 0 Å². The molecule has 0 aromatic carbocycles. The number of nitrogens with zero attached hydrogens (tertiary/aromatic N) is 1. The van der Waals surface area contributed by atoms with Crippen molar-refractivity contribution in [1.29, 1.82) is 0 Å². The van der Waals surface area contributed by atoms with Crippen LogP contribution in [0, 0.1) is 0 Å². The van der Waals surface area contributed by atoms with E-state index in [9.17, 15) is 4.79 Å².